The maximum atomic E-state index is 12.4. The van der Waals surface area contributed by atoms with E-state index in [1.54, 1.807) is 7.11 Å². The normalized spacial score (nSPS) is 19.6. The monoisotopic (exact) mass is 374 g/mol. The Hall–Kier alpha value is -1.75. The van der Waals surface area contributed by atoms with Crippen LogP contribution in [0.3, 0.4) is 0 Å². The second-order valence-corrected chi connectivity index (χ2v) is 8.06. The van der Waals surface area contributed by atoms with Gasteiger partial charge in [0, 0.05) is 13.0 Å². The number of rotatable bonds is 8. The van der Waals surface area contributed by atoms with Gasteiger partial charge >= 0.3 is 0 Å². The standard InChI is InChI=1S/C22H34N2O3/c1-16(18-9-11-23-12-10-18)13-22(25)24-15-17-7-8-20(26-2)21(14-17)27-19-5-3-4-6-19/h7-8,14,16,18-19,23H,3-6,9-13,15H2,1-2H3,(H,24,25). The lowest BCUT2D eigenvalue weighted by Crippen LogP contribution is -2.33. The molecule has 2 fully saturated rings. The van der Waals surface area contributed by atoms with Gasteiger partial charge < -0.3 is 20.1 Å². The second-order valence-electron chi connectivity index (χ2n) is 8.06. The van der Waals surface area contributed by atoms with E-state index >= 15 is 0 Å². The summed E-state index contributed by atoms with van der Waals surface area (Å²) in [6.07, 6.45) is 7.93. The van der Waals surface area contributed by atoms with Crippen molar-refractivity contribution in [3.8, 4) is 11.5 Å². The van der Waals surface area contributed by atoms with Crippen molar-refractivity contribution in [3.63, 3.8) is 0 Å². The fourth-order valence-corrected chi connectivity index (χ4v) is 4.25. The molecular formula is C22H34N2O3. The van der Waals surface area contributed by atoms with Gasteiger partial charge in [0.15, 0.2) is 11.5 Å². The highest BCUT2D eigenvalue weighted by Gasteiger charge is 2.22. The third-order valence-electron chi connectivity index (χ3n) is 6.01. The number of benzene rings is 1. The van der Waals surface area contributed by atoms with E-state index in [0.29, 0.717) is 24.8 Å². The lowest BCUT2D eigenvalue weighted by molar-refractivity contribution is -0.122. The molecule has 1 aromatic carbocycles. The molecule has 0 spiro atoms. The SMILES string of the molecule is COc1ccc(CNC(=O)CC(C)C2CCNCC2)cc1OC1CCCC1. The third kappa shape index (κ3) is 5.86. The predicted molar refractivity (Wildman–Crippen MR) is 107 cm³/mol. The van der Waals surface area contributed by atoms with Crippen molar-refractivity contribution in [1.29, 1.82) is 0 Å². The van der Waals surface area contributed by atoms with E-state index in [1.807, 2.05) is 18.2 Å². The zero-order chi connectivity index (χ0) is 19.1. The van der Waals surface area contributed by atoms with Crippen LogP contribution in [-0.4, -0.2) is 32.2 Å². The van der Waals surface area contributed by atoms with Crippen molar-refractivity contribution in [2.75, 3.05) is 20.2 Å². The van der Waals surface area contributed by atoms with Crippen molar-refractivity contribution in [1.82, 2.24) is 10.6 Å². The van der Waals surface area contributed by atoms with Gasteiger partial charge in [-0.15, -0.1) is 0 Å². The van der Waals surface area contributed by atoms with Crippen LogP contribution >= 0.6 is 0 Å². The number of piperidine rings is 1. The molecule has 2 aliphatic rings. The van der Waals surface area contributed by atoms with Crippen molar-refractivity contribution in [2.45, 2.75) is 64.5 Å². The lowest BCUT2D eigenvalue weighted by Gasteiger charge is -2.27. The zero-order valence-electron chi connectivity index (χ0n) is 16.8. The summed E-state index contributed by atoms with van der Waals surface area (Å²) in [5.74, 6) is 2.78. The van der Waals surface area contributed by atoms with Crippen LogP contribution in [0.25, 0.3) is 0 Å². The molecule has 1 aromatic rings. The van der Waals surface area contributed by atoms with Gasteiger partial charge in [-0.3, -0.25) is 4.79 Å². The predicted octanol–water partition coefficient (Wildman–Crippen LogP) is 3.66. The molecule has 2 N–H and O–H groups in total. The Balaban J connectivity index is 1.51. The summed E-state index contributed by atoms with van der Waals surface area (Å²) >= 11 is 0. The minimum Gasteiger partial charge on any atom is -0.493 e. The average Bonchev–Trinajstić information content (AvgIpc) is 3.20. The van der Waals surface area contributed by atoms with E-state index in [9.17, 15) is 4.79 Å². The molecule has 5 heteroatoms. The molecule has 1 aliphatic heterocycles. The Morgan fingerprint density at radius 2 is 1.93 bits per heavy atom. The molecule has 27 heavy (non-hydrogen) atoms. The van der Waals surface area contributed by atoms with E-state index in [1.165, 1.54) is 25.7 Å². The molecule has 1 aliphatic carbocycles. The summed E-state index contributed by atoms with van der Waals surface area (Å²) in [5, 5.41) is 6.46. The first-order chi connectivity index (χ1) is 13.2. The Labute approximate surface area is 163 Å². The number of hydrogen-bond donors (Lipinski definition) is 2. The van der Waals surface area contributed by atoms with E-state index in [2.05, 4.69) is 17.6 Å². The minimum atomic E-state index is 0.134. The second kappa shape index (κ2) is 9.98. The number of amides is 1. The molecule has 1 amide bonds. The molecule has 1 unspecified atom stereocenters. The smallest absolute Gasteiger partial charge is 0.220 e. The number of carbonyl (C=O) groups excluding carboxylic acids is 1. The zero-order valence-corrected chi connectivity index (χ0v) is 16.8. The summed E-state index contributed by atoms with van der Waals surface area (Å²) in [7, 11) is 1.67. The summed E-state index contributed by atoms with van der Waals surface area (Å²) in [6, 6.07) is 5.94. The van der Waals surface area contributed by atoms with E-state index in [0.717, 1.165) is 43.0 Å². The Kier molecular flexibility index (Phi) is 7.39. The lowest BCUT2D eigenvalue weighted by atomic mass is 9.84. The number of nitrogens with one attached hydrogen (secondary N) is 2. The Bertz CT molecular complexity index is 608. The van der Waals surface area contributed by atoms with Crippen LogP contribution in [0.5, 0.6) is 11.5 Å². The molecule has 0 bridgehead atoms. The van der Waals surface area contributed by atoms with Gasteiger partial charge in [-0.1, -0.05) is 13.0 Å². The number of carbonyl (C=O) groups is 1. The minimum absolute atomic E-state index is 0.134. The van der Waals surface area contributed by atoms with Gasteiger partial charge in [-0.05, 0) is 81.1 Å². The Morgan fingerprint density at radius 3 is 2.63 bits per heavy atom. The van der Waals surface area contributed by atoms with Crippen LogP contribution in [-0.2, 0) is 11.3 Å². The first kappa shape index (κ1) is 20.0. The average molecular weight is 375 g/mol. The van der Waals surface area contributed by atoms with Crippen LogP contribution < -0.4 is 20.1 Å². The molecule has 0 radical (unpaired) electrons. The maximum absolute atomic E-state index is 12.4. The van der Waals surface area contributed by atoms with Gasteiger partial charge in [0.1, 0.15) is 0 Å². The maximum Gasteiger partial charge on any atom is 0.220 e. The molecular weight excluding hydrogens is 340 g/mol. The number of hydrogen-bond acceptors (Lipinski definition) is 4. The van der Waals surface area contributed by atoms with Gasteiger partial charge in [0.25, 0.3) is 0 Å². The highest BCUT2D eigenvalue weighted by atomic mass is 16.5. The molecule has 1 saturated heterocycles. The van der Waals surface area contributed by atoms with Crippen molar-refractivity contribution >= 4 is 5.91 Å². The van der Waals surface area contributed by atoms with Crippen LogP contribution in [0.2, 0.25) is 0 Å². The quantitative estimate of drug-likeness (QED) is 0.729. The van der Waals surface area contributed by atoms with Gasteiger partial charge in [0.05, 0.1) is 13.2 Å². The summed E-state index contributed by atoms with van der Waals surface area (Å²) in [5.41, 5.74) is 1.05. The number of methoxy groups -OCH3 is 1. The first-order valence-corrected chi connectivity index (χ1v) is 10.5. The van der Waals surface area contributed by atoms with E-state index in [-0.39, 0.29) is 12.0 Å². The van der Waals surface area contributed by atoms with Crippen LogP contribution in [0.4, 0.5) is 0 Å². The van der Waals surface area contributed by atoms with E-state index in [4.69, 9.17) is 9.47 Å². The molecule has 3 rings (SSSR count). The highest BCUT2D eigenvalue weighted by Crippen LogP contribution is 2.32. The fourth-order valence-electron chi connectivity index (χ4n) is 4.25. The molecule has 0 aromatic heterocycles. The largest absolute Gasteiger partial charge is 0.493 e. The van der Waals surface area contributed by atoms with Crippen molar-refractivity contribution in [2.24, 2.45) is 11.8 Å². The topological polar surface area (TPSA) is 59.6 Å². The van der Waals surface area contributed by atoms with Gasteiger partial charge in [-0.25, -0.2) is 0 Å². The van der Waals surface area contributed by atoms with Crippen molar-refractivity contribution in [3.05, 3.63) is 23.8 Å². The first-order valence-electron chi connectivity index (χ1n) is 10.5. The molecule has 150 valence electrons. The summed E-state index contributed by atoms with van der Waals surface area (Å²) < 4.78 is 11.6. The molecule has 1 atom stereocenters. The van der Waals surface area contributed by atoms with Gasteiger partial charge in [0.2, 0.25) is 5.91 Å². The molecule has 1 saturated carbocycles. The van der Waals surface area contributed by atoms with E-state index < -0.39 is 0 Å². The Morgan fingerprint density at radius 1 is 1.19 bits per heavy atom. The molecule has 1 heterocycles. The fraction of sp³-hybridized carbons (Fsp3) is 0.682. The number of ether oxygens (including phenoxy) is 2. The third-order valence-corrected chi connectivity index (χ3v) is 6.01. The van der Waals surface area contributed by atoms with Crippen LogP contribution in [0.15, 0.2) is 18.2 Å². The molecule has 5 nitrogen and oxygen atoms in total. The summed E-state index contributed by atoms with van der Waals surface area (Å²) in [4.78, 5) is 12.4. The highest BCUT2D eigenvalue weighted by molar-refractivity contribution is 5.76. The van der Waals surface area contributed by atoms with Crippen LogP contribution in [0, 0.1) is 11.8 Å². The summed E-state index contributed by atoms with van der Waals surface area (Å²) in [6.45, 7) is 4.89. The van der Waals surface area contributed by atoms with Gasteiger partial charge in [-0.2, -0.15) is 0 Å². The van der Waals surface area contributed by atoms with Crippen molar-refractivity contribution < 1.29 is 14.3 Å². The van der Waals surface area contributed by atoms with Crippen LogP contribution in [0.1, 0.15) is 57.4 Å².